The molecule has 2 aromatic carbocycles. The van der Waals surface area contributed by atoms with E-state index in [0.29, 0.717) is 6.07 Å². The van der Waals surface area contributed by atoms with E-state index in [1.165, 1.54) is 6.07 Å². The summed E-state index contributed by atoms with van der Waals surface area (Å²) in [4.78, 5) is 12.2. The topological polar surface area (TPSA) is 84.5 Å². The number of hydrogen-bond acceptors (Lipinski definition) is 4. The maximum atomic E-state index is 14.3. The molecule has 0 spiro atoms. The number of rotatable bonds is 5. The zero-order valence-corrected chi connectivity index (χ0v) is 17.7. The zero-order valence-electron chi connectivity index (χ0n) is 15.3. The van der Waals surface area contributed by atoms with E-state index in [2.05, 4.69) is 26.0 Å². The molecule has 0 atom stereocenters. The highest BCUT2D eigenvalue weighted by Crippen LogP contribution is 2.32. The van der Waals surface area contributed by atoms with Crippen molar-refractivity contribution in [3.63, 3.8) is 0 Å². The highest BCUT2D eigenvalue weighted by atomic mass is 79.9. The minimum atomic E-state index is -4.63. The minimum Gasteiger partial charge on any atom is -0.377 e. The van der Waals surface area contributed by atoms with E-state index in [4.69, 9.17) is 4.74 Å². The lowest BCUT2D eigenvalue weighted by molar-refractivity contribution is -0.137. The van der Waals surface area contributed by atoms with Crippen LogP contribution in [-0.4, -0.2) is 33.1 Å². The zero-order chi connectivity index (χ0) is 22.3. The summed E-state index contributed by atoms with van der Waals surface area (Å²) in [5, 5.41) is 2.16. The normalized spacial score (nSPS) is 16.1. The first-order valence-electron chi connectivity index (χ1n) is 8.41. The van der Waals surface area contributed by atoms with Gasteiger partial charge in [0.05, 0.1) is 39.2 Å². The summed E-state index contributed by atoms with van der Waals surface area (Å²) in [7, 11) is -4.15. The van der Waals surface area contributed by atoms with Gasteiger partial charge in [-0.2, -0.15) is 13.2 Å². The summed E-state index contributed by atoms with van der Waals surface area (Å²) < 4.78 is 85.3. The Morgan fingerprint density at radius 3 is 2.43 bits per heavy atom. The van der Waals surface area contributed by atoms with Crippen molar-refractivity contribution in [1.29, 1.82) is 0 Å². The third-order valence-corrected chi connectivity index (χ3v) is 7.01. The quantitative estimate of drug-likeness (QED) is 0.597. The molecule has 0 unspecified atom stereocenters. The van der Waals surface area contributed by atoms with Crippen molar-refractivity contribution < 1.29 is 35.5 Å². The molecular weight excluding hydrogens is 496 g/mol. The van der Waals surface area contributed by atoms with Crippen LogP contribution in [0.3, 0.4) is 0 Å². The number of carbonyl (C=O) groups excluding carboxylic acids is 1. The number of carbonyl (C=O) groups is 1. The molecule has 3 rings (SSSR count). The highest BCUT2D eigenvalue weighted by molar-refractivity contribution is 9.10. The molecule has 1 fully saturated rings. The first-order chi connectivity index (χ1) is 13.8. The largest absolute Gasteiger partial charge is 0.416 e. The third-order valence-electron chi connectivity index (χ3n) is 4.24. The van der Waals surface area contributed by atoms with Crippen LogP contribution in [0.15, 0.2) is 45.8 Å². The Bertz CT molecular complexity index is 1100. The second kappa shape index (κ2) is 7.91. The summed E-state index contributed by atoms with van der Waals surface area (Å²) in [6.07, 6.45) is -4.63. The van der Waals surface area contributed by atoms with Gasteiger partial charge in [0.1, 0.15) is 5.82 Å². The lowest BCUT2D eigenvalue weighted by atomic mass is 10.0. The Labute approximate surface area is 177 Å². The summed E-state index contributed by atoms with van der Waals surface area (Å²) in [5.74, 6) is -2.17. The molecule has 162 valence electrons. The maximum Gasteiger partial charge on any atom is 0.416 e. The van der Waals surface area contributed by atoms with Gasteiger partial charge in [0.15, 0.2) is 0 Å². The molecule has 12 heteroatoms. The molecule has 30 heavy (non-hydrogen) atoms. The predicted octanol–water partition coefficient (Wildman–Crippen LogP) is 3.93. The average Bonchev–Trinajstić information content (AvgIpc) is 2.59. The predicted molar refractivity (Wildman–Crippen MR) is 103 cm³/mol. The standard InChI is InChI=1S/C18H15BrF4N2O4S/c1-17(8-29-9-17)25-30(27,28)13-6-5-12(20)14(15(13)19)16(26)24-11-4-2-3-10(7-11)18(21,22)23/h2-7,25H,8-9H2,1H3,(H,24,26). The average molecular weight is 511 g/mol. The van der Waals surface area contributed by atoms with E-state index >= 15 is 0 Å². The number of halogens is 5. The molecular formula is C18H15BrF4N2O4S. The Hall–Kier alpha value is -2.02. The molecule has 2 N–H and O–H groups in total. The molecule has 0 aliphatic carbocycles. The van der Waals surface area contributed by atoms with E-state index in [1.54, 1.807) is 6.92 Å². The number of benzene rings is 2. The van der Waals surface area contributed by atoms with Gasteiger partial charge in [-0.05, 0) is 53.2 Å². The van der Waals surface area contributed by atoms with Crippen LogP contribution in [0.2, 0.25) is 0 Å². The molecule has 0 bridgehead atoms. The molecule has 1 amide bonds. The minimum absolute atomic E-state index is 0.147. The lowest BCUT2D eigenvalue weighted by Gasteiger charge is -2.38. The van der Waals surface area contributed by atoms with Crippen molar-refractivity contribution in [2.24, 2.45) is 0 Å². The van der Waals surface area contributed by atoms with Gasteiger partial charge in [0.2, 0.25) is 10.0 Å². The summed E-state index contributed by atoms with van der Waals surface area (Å²) in [5.41, 5.74) is -2.74. The van der Waals surface area contributed by atoms with Crippen molar-refractivity contribution in [3.05, 3.63) is 57.8 Å². The number of anilines is 1. The van der Waals surface area contributed by atoms with E-state index in [1.807, 2.05) is 0 Å². The van der Waals surface area contributed by atoms with Crippen molar-refractivity contribution in [2.75, 3.05) is 18.5 Å². The molecule has 1 saturated heterocycles. The Morgan fingerprint density at radius 2 is 1.87 bits per heavy atom. The molecule has 1 heterocycles. The Balaban J connectivity index is 1.93. The first-order valence-corrected chi connectivity index (χ1v) is 10.7. The lowest BCUT2D eigenvalue weighted by Crippen LogP contribution is -2.59. The van der Waals surface area contributed by atoms with E-state index in [-0.39, 0.29) is 23.4 Å². The van der Waals surface area contributed by atoms with Gasteiger partial charge in [0, 0.05) is 5.69 Å². The molecule has 6 nitrogen and oxygen atoms in total. The van der Waals surface area contributed by atoms with Gasteiger partial charge in [-0.3, -0.25) is 4.79 Å². The van der Waals surface area contributed by atoms with Crippen LogP contribution in [-0.2, 0) is 20.9 Å². The molecule has 1 aliphatic heterocycles. The number of hydrogen-bond donors (Lipinski definition) is 2. The fourth-order valence-corrected chi connectivity index (χ4v) is 5.37. The third kappa shape index (κ3) is 4.66. The highest BCUT2D eigenvalue weighted by Gasteiger charge is 2.39. The smallest absolute Gasteiger partial charge is 0.377 e. The van der Waals surface area contributed by atoms with Crippen LogP contribution in [0.1, 0.15) is 22.8 Å². The maximum absolute atomic E-state index is 14.3. The molecule has 0 radical (unpaired) electrons. The molecule has 0 saturated carbocycles. The number of alkyl halides is 3. The van der Waals surface area contributed by atoms with Gasteiger partial charge >= 0.3 is 6.18 Å². The summed E-state index contributed by atoms with van der Waals surface area (Å²) in [6, 6.07) is 5.54. The van der Waals surface area contributed by atoms with Gasteiger partial charge in [0.25, 0.3) is 5.91 Å². The number of ether oxygens (including phenoxy) is 1. The van der Waals surface area contributed by atoms with Crippen LogP contribution in [0.25, 0.3) is 0 Å². The van der Waals surface area contributed by atoms with Crippen LogP contribution < -0.4 is 10.0 Å². The van der Waals surface area contributed by atoms with Gasteiger partial charge in [-0.25, -0.2) is 17.5 Å². The Kier molecular flexibility index (Phi) is 5.98. The second-order valence-electron chi connectivity index (χ2n) is 6.93. The van der Waals surface area contributed by atoms with E-state index in [9.17, 15) is 30.8 Å². The van der Waals surface area contributed by atoms with Crippen LogP contribution in [0, 0.1) is 5.82 Å². The monoisotopic (exact) mass is 510 g/mol. The molecule has 2 aromatic rings. The van der Waals surface area contributed by atoms with Gasteiger partial charge < -0.3 is 10.1 Å². The van der Waals surface area contributed by atoms with Gasteiger partial charge in [-0.15, -0.1) is 0 Å². The van der Waals surface area contributed by atoms with E-state index in [0.717, 1.165) is 24.3 Å². The van der Waals surface area contributed by atoms with Crippen LogP contribution in [0.4, 0.5) is 23.2 Å². The van der Waals surface area contributed by atoms with Crippen LogP contribution in [0.5, 0.6) is 0 Å². The number of amides is 1. The first kappa shape index (κ1) is 22.7. The fourth-order valence-electron chi connectivity index (χ4n) is 2.76. The van der Waals surface area contributed by atoms with Crippen molar-refractivity contribution >= 4 is 37.5 Å². The van der Waals surface area contributed by atoms with Crippen LogP contribution >= 0.6 is 15.9 Å². The Morgan fingerprint density at radius 1 is 1.20 bits per heavy atom. The van der Waals surface area contributed by atoms with Crippen molar-refractivity contribution in [1.82, 2.24) is 4.72 Å². The fraction of sp³-hybridized carbons (Fsp3) is 0.278. The SMILES string of the molecule is CC1(NS(=O)(=O)c2ccc(F)c(C(=O)Nc3cccc(C(F)(F)F)c3)c2Br)COC1. The number of sulfonamides is 1. The summed E-state index contributed by atoms with van der Waals surface area (Å²) in [6.45, 7) is 1.91. The molecule has 1 aliphatic rings. The number of nitrogens with one attached hydrogen (secondary N) is 2. The van der Waals surface area contributed by atoms with E-state index < -0.39 is 49.5 Å². The second-order valence-corrected chi connectivity index (χ2v) is 9.37. The van der Waals surface area contributed by atoms with Crippen molar-refractivity contribution in [3.8, 4) is 0 Å². The molecule has 0 aromatic heterocycles. The van der Waals surface area contributed by atoms with Gasteiger partial charge in [-0.1, -0.05) is 6.07 Å². The van der Waals surface area contributed by atoms with Crippen molar-refractivity contribution in [2.45, 2.75) is 23.5 Å². The summed E-state index contributed by atoms with van der Waals surface area (Å²) >= 11 is 2.94.